The van der Waals surface area contributed by atoms with Crippen molar-refractivity contribution >= 4 is 44.5 Å². The van der Waals surface area contributed by atoms with Crippen LogP contribution in [0, 0.1) is 16.0 Å². The molecule has 17 nitrogen and oxygen atoms in total. The molecule has 0 aromatic carbocycles. The van der Waals surface area contributed by atoms with Gasteiger partial charge in [0, 0.05) is 42.2 Å². The quantitative estimate of drug-likeness (QED) is 0.168. The lowest BCUT2D eigenvalue weighted by Crippen LogP contribution is -2.44. The lowest BCUT2D eigenvalue weighted by Gasteiger charge is -2.35. The first-order chi connectivity index (χ1) is 23.8. The second-order valence-electron chi connectivity index (χ2n) is 13.1. The third-order valence-corrected chi connectivity index (χ3v) is 11.7. The Kier molecular flexibility index (Phi) is 9.58. The van der Waals surface area contributed by atoms with Gasteiger partial charge in [-0.1, -0.05) is 18.8 Å². The molecule has 2 aliphatic rings. The van der Waals surface area contributed by atoms with Gasteiger partial charge in [-0.15, -0.1) is 0 Å². The summed E-state index contributed by atoms with van der Waals surface area (Å²) in [5.74, 6) is -0.0738. The Hall–Kier alpha value is -4.97. The monoisotopic (exact) mass is 708 g/mol. The predicted molar refractivity (Wildman–Crippen MR) is 184 cm³/mol. The van der Waals surface area contributed by atoms with E-state index >= 15 is 0 Å². The van der Waals surface area contributed by atoms with Crippen LogP contribution in [-0.4, -0.2) is 88.7 Å². The van der Waals surface area contributed by atoms with Crippen LogP contribution in [-0.2, 0) is 42.4 Å². The van der Waals surface area contributed by atoms with Crippen LogP contribution in [0.4, 0.5) is 16.6 Å². The topological polar surface area (TPSA) is 213 Å². The van der Waals surface area contributed by atoms with E-state index in [-0.39, 0.29) is 30.7 Å². The number of amides is 2. The molecule has 0 spiro atoms. The first-order valence-electron chi connectivity index (χ1n) is 16.3. The summed E-state index contributed by atoms with van der Waals surface area (Å²) in [4.78, 5) is 60.3. The predicted octanol–water partition coefficient (Wildman–Crippen LogP) is 3.84. The molecule has 18 heteroatoms. The number of hydrogen-bond acceptors (Lipinski definition) is 12. The van der Waals surface area contributed by atoms with E-state index in [0.29, 0.717) is 55.6 Å². The Bertz CT molecular complexity index is 2060. The number of nitrogens with one attached hydrogen (secondary N) is 2. The largest absolute Gasteiger partial charge is 0.441 e. The van der Waals surface area contributed by atoms with Crippen LogP contribution in [0.3, 0.4) is 0 Å². The molecule has 1 unspecified atom stereocenters. The van der Waals surface area contributed by atoms with Crippen LogP contribution in [0.1, 0.15) is 51.4 Å². The fourth-order valence-electron chi connectivity index (χ4n) is 6.18. The lowest BCUT2D eigenvalue weighted by atomic mass is 10.0. The van der Waals surface area contributed by atoms with E-state index in [0.717, 1.165) is 10.9 Å². The van der Waals surface area contributed by atoms with Gasteiger partial charge in [0.15, 0.2) is 18.1 Å². The third kappa shape index (κ3) is 6.89. The summed E-state index contributed by atoms with van der Waals surface area (Å²) in [6.45, 7) is 7.17. The molecule has 1 saturated heterocycles. The molecule has 6 rings (SSSR count). The van der Waals surface area contributed by atoms with Crippen LogP contribution in [0.25, 0.3) is 22.4 Å². The highest BCUT2D eigenvalue weighted by atomic mass is 32.2. The third-order valence-electron chi connectivity index (χ3n) is 9.11. The van der Waals surface area contributed by atoms with Crippen molar-refractivity contribution in [2.24, 2.45) is 17.3 Å². The number of pyridine rings is 1. The van der Waals surface area contributed by atoms with Gasteiger partial charge in [0.25, 0.3) is 5.91 Å². The summed E-state index contributed by atoms with van der Waals surface area (Å²) in [5.41, 5.74) is 2.25. The van der Waals surface area contributed by atoms with Crippen molar-refractivity contribution in [3.8, 4) is 11.4 Å². The zero-order valence-corrected chi connectivity index (χ0v) is 29.3. The lowest BCUT2D eigenvalue weighted by molar-refractivity contribution is -0.396. The van der Waals surface area contributed by atoms with Crippen LogP contribution >= 0.6 is 0 Å². The highest BCUT2D eigenvalue weighted by molar-refractivity contribution is 7.94. The first-order valence-corrected chi connectivity index (χ1v) is 18.2. The molecule has 50 heavy (non-hydrogen) atoms. The summed E-state index contributed by atoms with van der Waals surface area (Å²) >= 11 is 0. The second-order valence-corrected chi connectivity index (χ2v) is 15.7. The molecule has 2 fully saturated rings. The van der Waals surface area contributed by atoms with E-state index in [9.17, 15) is 23.9 Å². The van der Waals surface area contributed by atoms with Crippen molar-refractivity contribution in [1.82, 2.24) is 34.8 Å². The van der Waals surface area contributed by atoms with Crippen LogP contribution in [0.15, 0.2) is 41.2 Å². The zero-order chi connectivity index (χ0) is 35.8. The number of imidazole rings is 1. The number of hydrogen-bond donors (Lipinski definition) is 2. The van der Waals surface area contributed by atoms with Crippen LogP contribution < -0.4 is 10.2 Å². The normalized spacial score (nSPS) is 18.8. The highest BCUT2D eigenvalue weighted by Gasteiger charge is 2.54. The van der Waals surface area contributed by atoms with Gasteiger partial charge in [-0.2, -0.15) is 4.36 Å². The number of H-pyrrole nitrogens is 1. The fourth-order valence-corrected chi connectivity index (χ4v) is 8.18. The number of nitro groups is 1. The average molecular weight is 709 g/mol. The minimum absolute atomic E-state index is 0.0323. The summed E-state index contributed by atoms with van der Waals surface area (Å²) in [6, 6.07) is 4.51. The van der Waals surface area contributed by atoms with E-state index in [2.05, 4.69) is 36.5 Å². The Morgan fingerprint density at radius 1 is 1.28 bits per heavy atom. The summed E-state index contributed by atoms with van der Waals surface area (Å²) in [6.07, 6.45) is 6.44. The summed E-state index contributed by atoms with van der Waals surface area (Å²) < 4.78 is 30.0. The maximum absolute atomic E-state index is 14.6. The molecule has 266 valence electrons. The number of morpholine rings is 1. The molecule has 5 heterocycles. The van der Waals surface area contributed by atoms with Crippen LogP contribution in [0.2, 0.25) is 0 Å². The Labute approximate surface area is 288 Å². The van der Waals surface area contributed by atoms with Crippen molar-refractivity contribution in [3.05, 3.63) is 58.3 Å². The molecule has 4 aromatic heterocycles. The maximum Gasteiger partial charge on any atom is 0.434 e. The highest BCUT2D eigenvalue weighted by Crippen LogP contribution is 2.53. The van der Waals surface area contributed by atoms with Gasteiger partial charge in [-0.05, 0) is 49.2 Å². The van der Waals surface area contributed by atoms with Gasteiger partial charge >= 0.3 is 12.0 Å². The summed E-state index contributed by atoms with van der Waals surface area (Å²) in [7, 11) is -1.84. The van der Waals surface area contributed by atoms with Gasteiger partial charge in [-0.25, -0.2) is 28.5 Å². The molecular formula is C32H40N10O7S. The second kappa shape index (κ2) is 13.7. The Morgan fingerprint density at radius 3 is 2.74 bits per heavy atom. The Morgan fingerprint density at radius 2 is 2.06 bits per heavy atom. The SMILES string of the molecule is CC(C)C[C@H](NC(=O)OCc1cnc([N+](=O)[O-])n1C)C(=O)N=S(C)(=O)C1(c2cc(N3CCOC[C@H]3C)nc(-c3ccnc4[nH]ccc34)n2)CC1. The fraction of sp³-hybridized carbons (Fsp3) is 0.500. The molecule has 0 radical (unpaired) electrons. The number of carbonyl (C=O) groups is 2. The molecule has 2 N–H and O–H groups in total. The van der Waals surface area contributed by atoms with Gasteiger partial charge in [-0.3, -0.25) is 4.79 Å². The molecule has 1 saturated carbocycles. The molecular weight excluding hydrogens is 668 g/mol. The van der Waals surface area contributed by atoms with Crippen molar-refractivity contribution in [2.75, 3.05) is 30.9 Å². The Balaban J connectivity index is 1.30. The van der Waals surface area contributed by atoms with Crippen molar-refractivity contribution in [1.29, 1.82) is 0 Å². The molecule has 0 bridgehead atoms. The van der Waals surface area contributed by atoms with Gasteiger partial charge in [0.2, 0.25) is 0 Å². The number of aromatic amines is 1. The van der Waals surface area contributed by atoms with Gasteiger partial charge < -0.3 is 34.8 Å². The van der Waals surface area contributed by atoms with Crippen LogP contribution in [0.5, 0.6) is 0 Å². The van der Waals surface area contributed by atoms with Gasteiger partial charge in [0.05, 0.1) is 46.5 Å². The number of carbonyl (C=O) groups excluding carboxylic acids is 2. The number of rotatable bonds is 11. The maximum atomic E-state index is 14.6. The number of aromatic nitrogens is 6. The number of alkyl carbamates (subject to hydrolysis) is 1. The van der Waals surface area contributed by atoms with E-state index in [1.165, 1.54) is 24.1 Å². The van der Waals surface area contributed by atoms with E-state index in [4.69, 9.17) is 19.4 Å². The minimum Gasteiger partial charge on any atom is -0.441 e. The smallest absolute Gasteiger partial charge is 0.434 e. The van der Waals surface area contributed by atoms with Crippen molar-refractivity contribution < 1.29 is 28.2 Å². The molecule has 1 aliphatic heterocycles. The van der Waals surface area contributed by atoms with Gasteiger partial charge in [0.1, 0.15) is 23.7 Å². The zero-order valence-electron chi connectivity index (χ0n) is 28.5. The molecule has 4 aromatic rings. The molecule has 2 amide bonds. The first kappa shape index (κ1) is 34.9. The molecule has 1 aliphatic carbocycles. The number of fused-ring (bicyclic) bond motifs is 1. The standard InChI is InChI=1S/C32H40N10O7S/c1-19(2)14-24(36-31(44)49-18-21-16-35-30(40(21)4)42(45)46)29(43)39-50(5,47)32(8-9-32)25-15-26(41-12-13-48-17-20(41)3)38-28(37-25)23-7-11-34-27-22(23)6-10-33-27/h6-7,10-11,15-16,19-20,24H,8-9,12-14,17-18H2,1-5H3,(H,33,34)(H,36,44)/t20-,24+,50?/m1/s1. The number of anilines is 1. The van der Waals surface area contributed by atoms with Crippen molar-refractivity contribution in [2.45, 2.75) is 63.5 Å². The number of nitrogens with zero attached hydrogens (tertiary/aromatic N) is 8. The van der Waals surface area contributed by atoms with E-state index < -0.39 is 43.4 Å². The molecule has 3 atom stereocenters. The van der Waals surface area contributed by atoms with E-state index in [1.54, 1.807) is 12.4 Å². The summed E-state index contributed by atoms with van der Waals surface area (Å²) in [5, 5.41) is 14.5. The minimum atomic E-state index is -3.27. The number of ether oxygens (including phenoxy) is 2. The van der Waals surface area contributed by atoms with E-state index in [1.807, 2.05) is 32.0 Å². The average Bonchev–Trinajstić information content (AvgIpc) is 3.62. The van der Waals surface area contributed by atoms with Crippen molar-refractivity contribution in [3.63, 3.8) is 0 Å².